The van der Waals surface area contributed by atoms with Crippen LogP contribution in [0.5, 0.6) is 11.5 Å². The van der Waals surface area contributed by atoms with Crippen LogP contribution in [0.15, 0.2) is 47.0 Å². The summed E-state index contributed by atoms with van der Waals surface area (Å²) in [6, 6.07) is 12.0. The number of nitrogens with one attached hydrogen (secondary N) is 1. The van der Waals surface area contributed by atoms with Gasteiger partial charge in [-0.15, -0.1) is 0 Å². The number of amides is 1. The highest BCUT2D eigenvalue weighted by Crippen LogP contribution is 2.27. The second kappa shape index (κ2) is 7.79. The molecule has 2 aromatic carbocycles. The average molecular weight is 392 g/mol. The first kappa shape index (κ1) is 18.7. The molecule has 29 heavy (non-hydrogen) atoms. The number of benzene rings is 2. The molecule has 0 radical (unpaired) electrons. The van der Waals surface area contributed by atoms with Crippen LogP contribution in [-0.4, -0.2) is 17.0 Å². The van der Waals surface area contributed by atoms with Crippen molar-refractivity contribution in [2.45, 2.75) is 33.3 Å². The number of rotatable bonds is 5. The zero-order valence-electron chi connectivity index (χ0n) is 16.2. The topological polar surface area (TPSA) is 90.7 Å². The number of hydrogen-bond donors (Lipinski definition) is 1. The van der Waals surface area contributed by atoms with Gasteiger partial charge in [-0.2, -0.15) is 0 Å². The summed E-state index contributed by atoms with van der Waals surface area (Å²) in [6.07, 6.45) is 1.06. The molecule has 7 nitrogen and oxygen atoms in total. The first-order chi connectivity index (χ1) is 14.0. The van der Waals surface area contributed by atoms with E-state index >= 15 is 0 Å². The van der Waals surface area contributed by atoms with Gasteiger partial charge in [0.1, 0.15) is 23.9 Å². The minimum atomic E-state index is -0.456. The Bertz CT molecular complexity index is 1050. The van der Waals surface area contributed by atoms with Crippen LogP contribution in [-0.2, 0) is 17.8 Å². The Hall–Kier alpha value is -3.61. The van der Waals surface area contributed by atoms with Crippen LogP contribution in [0, 0.1) is 13.8 Å². The van der Waals surface area contributed by atoms with E-state index in [1.54, 1.807) is 42.5 Å². The summed E-state index contributed by atoms with van der Waals surface area (Å²) in [7, 11) is 0. The zero-order valence-corrected chi connectivity index (χ0v) is 16.2. The number of hydrogen-bond acceptors (Lipinski definition) is 6. The molecule has 7 heteroatoms. The Morgan fingerprint density at radius 3 is 2.59 bits per heavy atom. The van der Waals surface area contributed by atoms with Crippen LogP contribution in [0.25, 0.3) is 0 Å². The molecule has 1 amide bonds. The molecule has 1 aliphatic rings. The number of aryl methyl sites for hydroxylation is 3. The van der Waals surface area contributed by atoms with Gasteiger partial charge in [0.15, 0.2) is 0 Å². The van der Waals surface area contributed by atoms with E-state index in [0.717, 1.165) is 28.3 Å². The van der Waals surface area contributed by atoms with Gasteiger partial charge in [0.25, 0.3) is 0 Å². The molecule has 3 aromatic rings. The second-order valence-corrected chi connectivity index (χ2v) is 6.87. The monoisotopic (exact) mass is 392 g/mol. The summed E-state index contributed by atoms with van der Waals surface area (Å²) >= 11 is 0. The number of fused-ring (bicyclic) bond motifs is 1. The molecule has 0 atom stereocenters. The van der Waals surface area contributed by atoms with Gasteiger partial charge in [-0.1, -0.05) is 5.16 Å². The van der Waals surface area contributed by atoms with E-state index < -0.39 is 5.97 Å². The second-order valence-electron chi connectivity index (χ2n) is 6.87. The van der Waals surface area contributed by atoms with Crippen molar-refractivity contribution in [3.05, 3.63) is 70.6 Å². The van der Waals surface area contributed by atoms with Crippen molar-refractivity contribution in [3.63, 3.8) is 0 Å². The van der Waals surface area contributed by atoms with Crippen LogP contribution in [0.1, 0.15) is 39.4 Å². The molecule has 4 rings (SSSR count). The maximum absolute atomic E-state index is 12.4. The van der Waals surface area contributed by atoms with Crippen LogP contribution < -0.4 is 14.8 Å². The van der Waals surface area contributed by atoms with Crippen molar-refractivity contribution in [3.8, 4) is 11.5 Å². The minimum absolute atomic E-state index is 0.00101. The van der Waals surface area contributed by atoms with Crippen LogP contribution in [0.4, 0.5) is 5.69 Å². The van der Waals surface area contributed by atoms with E-state index in [0.29, 0.717) is 36.5 Å². The predicted molar refractivity (Wildman–Crippen MR) is 105 cm³/mol. The largest absolute Gasteiger partial charge is 0.489 e. The van der Waals surface area contributed by atoms with E-state index in [-0.39, 0.29) is 5.91 Å². The van der Waals surface area contributed by atoms with Crippen molar-refractivity contribution < 1.29 is 23.6 Å². The molecule has 0 aliphatic carbocycles. The van der Waals surface area contributed by atoms with Crippen LogP contribution in [0.3, 0.4) is 0 Å². The SMILES string of the molecule is Cc1noc(C)c1COc1ccc(C(=O)Oc2ccc3c(c2)CCC(=O)N3)cc1. The Labute approximate surface area is 167 Å². The maximum Gasteiger partial charge on any atom is 0.343 e. The molecule has 148 valence electrons. The fourth-order valence-corrected chi connectivity index (χ4v) is 3.14. The van der Waals surface area contributed by atoms with Gasteiger partial charge >= 0.3 is 5.97 Å². The van der Waals surface area contributed by atoms with E-state index in [1.807, 2.05) is 13.8 Å². The Balaban J connectivity index is 1.39. The molecular formula is C22H20N2O5. The predicted octanol–water partition coefficient (Wildman–Crippen LogP) is 3.97. The van der Waals surface area contributed by atoms with Crippen LogP contribution >= 0.6 is 0 Å². The third kappa shape index (κ3) is 4.13. The Morgan fingerprint density at radius 2 is 1.86 bits per heavy atom. The van der Waals surface area contributed by atoms with Gasteiger partial charge in [0.2, 0.25) is 5.91 Å². The van der Waals surface area contributed by atoms with Crippen LogP contribution in [0.2, 0.25) is 0 Å². The molecule has 0 unspecified atom stereocenters. The molecule has 0 fully saturated rings. The molecule has 1 aliphatic heterocycles. The molecule has 0 bridgehead atoms. The fraction of sp³-hybridized carbons (Fsp3) is 0.227. The van der Waals surface area contributed by atoms with Gasteiger partial charge in [-0.25, -0.2) is 4.79 Å². The molecular weight excluding hydrogens is 372 g/mol. The summed E-state index contributed by atoms with van der Waals surface area (Å²) < 4.78 is 16.3. The average Bonchev–Trinajstić information content (AvgIpc) is 3.04. The number of ether oxygens (including phenoxy) is 2. The number of aromatic nitrogens is 1. The van der Waals surface area contributed by atoms with Crippen molar-refractivity contribution in [1.82, 2.24) is 5.16 Å². The highest BCUT2D eigenvalue weighted by Gasteiger charge is 2.17. The lowest BCUT2D eigenvalue weighted by atomic mass is 10.0. The summed E-state index contributed by atoms with van der Waals surface area (Å²) in [5, 5.41) is 6.70. The van der Waals surface area contributed by atoms with Gasteiger partial charge in [-0.05, 0) is 68.3 Å². The van der Waals surface area contributed by atoms with Crippen molar-refractivity contribution in [2.24, 2.45) is 0 Å². The molecule has 0 saturated heterocycles. The molecule has 0 saturated carbocycles. The van der Waals surface area contributed by atoms with E-state index in [4.69, 9.17) is 14.0 Å². The smallest absolute Gasteiger partial charge is 0.343 e. The third-order valence-corrected chi connectivity index (χ3v) is 4.84. The molecule has 1 N–H and O–H groups in total. The van der Waals surface area contributed by atoms with Crippen molar-refractivity contribution in [2.75, 3.05) is 5.32 Å². The number of carbonyl (C=O) groups is 2. The number of carbonyl (C=O) groups excluding carboxylic acids is 2. The standard InChI is InChI=1S/C22H20N2O5/c1-13-19(14(2)29-24-13)12-27-17-6-3-15(4-7-17)22(26)28-18-8-9-20-16(11-18)5-10-21(25)23-20/h3-4,6-9,11H,5,10,12H2,1-2H3,(H,23,25). The molecule has 1 aromatic heterocycles. The Kier molecular flexibility index (Phi) is 5.03. The normalized spacial score (nSPS) is 12.8. The van der Waals surface area contributed by atoms with Gasteiger partial charge in [-0.3, -0.25) is 4.79 Å². The summed E-state index contributed by atoms with van der Waals surface area (Å²) in [6.45, 7) is 4.05. The lowest BCUT2D eigenvalue weighted by molar-refractivity contribution is -0.116. The number of anilines is 1. The molecule has 2 heterocycles. The lowest BCUT2D eigenvalue weighted by Gasteiger charge is -2.17. The highest BCUT2D eigenvalue weighted by atomic mass is 16.5. The van der Waals surface area contributed by atoms with Gasteiger partial charge in [0, 0.05) is 12.1 Å². The van der Waals surface area contributed by atoms with E-state index in [1.165, 1.54) is 0 Å². The molecule has 0 spiro atoms. The van der Waals surface area contributed by atoms with Crippen molar-refractivity contribution in [1.29, 1.82) is 0 Å². The lowest BCUT2D eigenvalue weighted by Crippen LogP contribution is -2.19. The van der Waals surface area contributed by atoms with Gasteiger partial charge in [0.05, 0.1) is 16.8 Å². The fourth-order valence-electron chi connectivity index (χ4n) is 3.14. The quantitative estimate of drug-likeness (QED) is 0.522. The summed E-state index contributed by atoms with van der Waals surface area (Å²) in [4.78, 5) is 23.9. The number of nitrogens with zero attached hydrogens (tertiary/aromatic N) is 1. The zero-order chi connectivity index (χ0) is 20.4. The maximum atomic E-state index is 12.4. The summed E-state index contributed by atoms with van der Waals surface area (Å²) in [5.74, 6) is 1.35. The van der Waals surface area contributed by atoms with E-state index in [9.17, 15) is 9.59 Å². The number of esters is 1. The van der Waals surface area contributed by atoms with Crippen molar-refractivity contribution >= 4 is 17.6 Å². The van der Waals surface area contributed by atoms with E-state index in [2.05, 4.69) is 10.5 Å². The highest BCUT2D eigenvalue weighted by molar-refractivity contribution is 5.94. The Morgan fingerprint density at radius 1 is 1.10 bits per heavy atom. The third-order valence-electron chi connectivity index (χ3n) is 4.84. The minimum Gasteiger partial charge on any atom is -0.489 e. The summed E-state index contributed by atoms with van der Waals surface area (Å²) in [5.41, 5.74) is 3.85. The first-order valence-electron chi connectivity index (χ1n) is 9.29. The van der Waals surface area contributed by atoms with Gasteiger partial charge < -0.3 is 19.3 Å². The first-order valence-corrected chi connectivity index (χ1v) is 9.29.